The fourth-order valence-corrected chi connectivity index (χ4v) is 3.55. The monoisotopic (exact) mass is 479 g/mol. The van der Waals surface area contributed by atoms with Gasteiger partial charge in [-0.15, -0.1) is 24.0 Å². The van der Waals surface area contributed by atoms with Gasteiger partial charge in [-0.05, 0) is 30.5 Å². The minimum Gasteiger partial charge on any atom is -0.381 e. The van der Waals surface area contributed by atoms with E-state index in [0.717, 1.165) is 49.4 Å². The molecule has 1 unspecified atom stereocenters. The molecule has 1 atom stereocenters. The Balaban J connectivity index is 0.00000225. The molecule has 25 heavy (non-hydrogen) atoms. The van der Waals surface area contributed by atoms with Gasteiger partial charge in [0.1, 0.15) is 0 Å². The molecule has 0 aliphatic carbocycles. The number of aliphatic imine (C=N–C) groups is 1. The van der Waals surface area contributed by atoms with Crippen molar-refractivity contribution in [2.75, 3.05) is 46.5 Å². The molecule has 0 amide bonds. The van der Waals surface area contributed by atoms with Gasteiger partial charge in [0.15, 0.2) is 5.96 Å². The van der Waals surface area contributed by atoms with E-state index in [0.29, 0.717) is 18.6 Å². The van der Waals surface area contributed by atoms with Gasteiger partial charge in [0, 0.05) is 43.7 Å². The quantitative estimate of drug-likeness (QED) is 0.305. The van der Waals surface area contributed by atoms with E-state index in [1.807, 2.05) is 31.3 Å². The first-order chi connectivity index (χ1) is 11.7. The van der Waals surface area contributed by atoms with Crippen LogP contribution in [0.5, 0.6) is 0 Å². The third kappa shape index (κ3) is 5.70. The molecule has 2 aliphatic heterocycles. The number of ether oxygens (including phenoxy) is 2. The third-order valence-corrected chi connectivity index (χ3v) is 5.10. The lowest BCUT2D eigenvalue weighted by Crippen LogP contribution is -2.42. The summed E-state index contributed by atoms with van der Waals surface area (Å²) in [4.78, 5) is 6.75. The predicted octanol–water partition coefficient (Wildman–Crippen LogP) is 3.16. The van der Waals surface area contributed by atoms with E-state index >= 15 is 0 Å². The molecule has 3 rings (SSSR count). The zero-order chi connectivity index (χ0) is 16.8. The van der Waals surface area contributed by atoms with Crippen LogP contribution < -0.4 is 5.32 Å². The maximum absolute atomic E-state index is 5.88. The fraction of sp³-hybridized carbons (Fsp3) is 0.611. The van der Waals surface area contributed by atoms with Gasteiger partial charge in [0.2, 0.25) is 0 Å². The first-order valence-electron chi connectivity index (χ1n) is 8.56. The highest BCUT2D eigenvalue weighted by Crippen LogP contribution is 2.38. The van der Waals surface area contributed by atoms with Crippen LogP contribution in [0.25, 0.3) is 0 Å². The normalized spacial score (nSPS) is 23.1. The van der Waals surface area contributed by atoms with Crippen LogP contribution >= 0.6 is 35.6 Å². The van der Waals surface area contributed by atoms with E-state index in [4.69, 9.17) is 21.1 Å². The number of benzene rings is 1. The molecule has 0 saturated carbocycles. The van der Waals surface area contributed by atoms with Crippen molar-refractivity contribution in [3.05, 3.63) is 34.9 Å². The van der Waals surface area contributed by atoms with Gasteiger partial charge in [-0.2, -0.15) is 0 Å². The first kappa shape index (κ1) is 20.7. The molecule has 1 aromatic rings. The van der Waals surface area contributed by atoms with Crippen LogP contribution in [0.15, 0.2) is 29.3 Å². The van der Waals surface area contributed by atoms with E-state index < -0.39 is 0 Å². The molecule has 7 heteroatoms. The molecule has 1 N–H and O–H groups in total. The molecular weight excluding hydrogens is 453 g/mol. The summed E-state index contributed by atoms with van der Waals surface area (Å²) in [6.45, 7) is 5.88. The standard InChI is InChI=1S/C18H26ClN3O2.HI/c1-20-17(22-9-6-18(13-22)7-10-24-14-18)21-8-11-23-12-15-2-4-16(19)5-3-15;/h2-5H,6-14H2,1H3,(H,20,21);1H. The summed E-state index contributed by atoms with van der Waals surface area (Å²) in [6.07, 6.45) is 2.37. The Morgan fingerprint density at radius 3 is 2.84 bits per heavy atom. The Bertz CT molecular complexity index is 562. The molecule has 0 bridgehead atoms. The summed E-state index contributed by atoms with van der Waals surface area (Å²) in [5.74, 6) is 0.967. The summed E-state index contributed by atoms with van der Waals surface area (Å²) >= 11 is 5.88. The van der Waals surface area contributed by atoms with Crippen LogP contribution in [0.3, 0.4) is 0 Å². The van der Waals surface area contributed by atoms with Gasteiger partial charge in [0.05, 0.1) is 19.8 Å². The number of rotatable bonds is 5. The smallest absolute Gasteiger partial charge is 0.193 e. The van der Waals surface area contributed by atoms with Gasteiger partial charge in [0.25, 0.3) is 0 Å². The van der Waals surface area contributed by atoms with Crippen LogP contribution in [0.1, 0.15) is 18.4 Å². The molecule has 2 saturated heterocycles. The maximum atomic E-state index is 5.88. The number of nitrogens with zero attached hydrogens (tertiary/aromatic N) is 2. The Hall–Kier alpha value is -0.570. The molecular formula is C18H27ClIN3O2. The second-order valence-electron chi connectivity index (χ2n) is 6.63. The van der Waals surface area contributed by atoms with Crippen molar-refractivity contribution in [2.24, 2.45) is 10.4 Å². The van der Waals surface area contributed by atoms with Gasteiger partial charge < -0.3 is 19.7 Å². The predicted molar refractivity (Wildman–Crippen MR) is 112 cm³/mol. The minimum absolute atomic E-state index is 0. The number of guanidine groups is 1. The van der Waals surface area contributed by atoms with Crippen LogP contribution in [-0.4, -0.2) is 57.4 Å². The van der Waals surface area contributed by atoms with Crippen LogP contribution in [-0.2, 0) is 16.1 Å². The third-order valence-electron chi connectivity index (χ3n) is 4.85. The highest BCUT2D eigenvalue weighted by molar-refractivity contribution is 14.0. The molecule has 1 spiro atoms. The van der Waals surface area contributed by atoms with Crippen molar-refractivity contribution in [1.82, 2.24) is 10.2 Å². The summed E-state index contributed by atoms with van der Waals surface area (Å²) in [5.41, 5.74) is 1.48. The first-order valence-corrected chi connectivity index (χ1v) is 8.94. The Kier molecular flexibility index (Phi) is 8.25. The lowest BCUT2D eigenvalue weighted by molar-refractivity contribution is 0.125. The summed E-state index contributed by atoms with van der Waals surface area (Å²) in [5, 5.41) is 4.15. The minimum atomic E-state index is 0. The number of likely N-dealkylation sites (tertiary alicyclic amines) is 1. The van der Waals surface area contributed by atoms with Gasteiger partial charge in [-0.3, -0.25) is 4.99 Å². The summed E-state index contributed by atoms with van der Waals surface area (Å²) in [6, 6.07) is 7.75. The average Bonchev–Trinajstić information content (AvgIpc) is 3.23. The van der Waals surface area contributed by atoms with Crippen LogP contribution in [0.4, 0.5) is 0 Å². The van der Waals surface area contributed by atoms with Crippen molar-refractivity contribution in [3.8, 4) is 0 Å². The number of hydrogen-bond acceptors (Lipinski definition) is 3. The average molecular weight is 480 g/mol. The molecule has 2 fully saturated rings. The van der Waals surface area contributed by atoms with Gasteiger partial charge >= 0.3 is 0 Å². The second-order valence-corrected chi connectivity index (χ2v) is 7.06. The highest BCUT2D eigenvalue weighted by Gasteiger charge is 2.42. The summed E-state index contributed by atoms with van der Waals surface area (Å²) in [7, 11) is 1.84. The SMILES string of the molecule is CN=C(NCCOCc1ccc(Cl)cc1)N1CCC2(CCOC2)C1.I. The van der Waals surface area contributed by atoms with E-state index in [9.17, 15) is 0 Å². The van der Waals surface area contributed by atoms with E-state index in [2.05, 4.69) is 15.2 Å². The van der Waals surface area contributed by atoms with Crippen molar-refractivity contribution in [1.29, 1.82) is 0 Å². The Morgan fingerprint density at radius 2 is 2.16 bits per heavy atom. The zero-order valence-electron chi connectivity index (χ0n) is 14.7. The molecule has 5 nitrogen and oxygen atoms in total. The molecule has 0 radical (unpaired) electrons. The van der Waals surface area contributed by atoms with Gasteiger partial charge in [-0.1, -0.05) is 23.7 Å². The number of halogens is 2. The molecule has 0 aromatic heterocycles. The van der Waals surface area contributed by atoms with Gasteiger partial charge in [-0.25, -0.2) is 0 Å². The lowest BCUT2D eigenvalue weighted by Gasteiger charge is -2.24. The van der Waals surface area contributed by atoms with Crippen molar-refractivity contribution < 1.29 is 9.47 Å². The van der Waals surface area contributed by atoms with Crippen molar-refractivity contribution in [2.45, 2.75) is 19.4 Å². The second kappa shape index (κ2) is 9.94. The summed E-state index contributed by atoms with van der Waals surface area (Å²) < 4.78 is 11.3. The van der Waals surface area contributed by atoms with E-state index in [-0.39, 0.29) is 24.0 Å². The largest absolute Gasteiger partial charge is 0.381 e. The van der Waals surface area contributed by atoms with Crippen molar-refractivity contribution in [3.63, 3.8) is 0 Å². The van der Waals surface area contributed by atoms with Crippen LogP contribution in [0.2, 0.25) is 5.02 Å². The molecule has 2 aliphatic rings. The van der Waals surface area contributed by atoms with Crippen LogP contribution in [0, 0.1) is 5.41 Å². The fourth-order valence-electron chi connectivity index (χ4n) is 3.43. The Morgan fingerprint density at radius 1 is 1.36 bits per heavy atom. The lowest BCUT2D eigenvalue weighted by atomic mass is 9.87. The highest BCUT2D eigenvalue weighted by atomic mass is 127. The topological polar surface area (TPSA) is 46.1 Å². The number of nitrogens with one attached hydrogen (secondary N) is 1. The number of hydrogen-bond donors (Lipinski definition) is 1. The van der Waals surface area contributed by atoms with E-state index in [1.165, 1.54) is 12.8 Å². The Labute approximate surface area is 172 Å². The molecule has 140 valence electrons. The van der Waals surface area contributed by atoms with Crippen molar-refractivity contribution >= 4 is 41.5 Å². The molecule has 2 heterocycles. The molecule has 1 aromatic carbocycles. The maximum Gasteiger partial charge on any atom is 0.193 e. The zero-order valence-corrected chi connectivity index (χ0v) is 17.8. The van der Waals surface area contributed by atoms with E-state index in [1.54, 1.807) is 0 Å².